The molecular weight excluding hydrogens is 252 g/mol. The van der Waals surface area contributed by atoms with Crippen LogP contribution in [0.3, 0.4) is 0 Å². The molecule has 0 saturated heterocycles. The van der Waals surface area contributed by atoms with Gasteiger partial charge in [0.2, 0.25) is 5.91 Å². The van der Waals surface area contributed by atoms with Gasteiger partial charge in [-0.05, 0) is 49.9 Å². The van der Waals surface area contributed by atoms with E-state index in [4.69, 9.17) is 0 Å². The van der Waals surface area contributed by atoms with Crippen molar-refractivity contribution in [2.75, 3.05) is 19.6 Å². The third-order valence-electron chi connectivity index (χ3n) is 4.05. The van der Waals surface area contributed by atoms with Gasteiger partial charge in [-0.2, -0.15) is 0 Å². The standard InChI is InChI=1S/C16H24N2O2/c1-3-18(4-2)16(20)9-10-17-15-8-5-12-11-13(19)6-7-14(12)15/h6-7,11,15,17,19H,3-5,8-10H2,1-2H3. The van der Waals surface area contributed by atoms with E-state index < -0.39 is 0 Å². The lowest BCUT2D eigenvalue weighted by Crippen LogP contribution is -2.33. The van der Waals surface area contributed by atoms with Gasteiger partial charge in [0.15, 0.2) is 0 Å². The highest BCUT2D eigenvalue weighted by molar-refractivity contribution is 5.76. The van der Waals surface area contributed by atoms with Gasteiger partial charge in [-0.3, -0.25) is 4.79 Å². The minimum Gasteiger partial charge on any atom is -0.508 e. The summed E-state index contributed by atoms with van der Waals surface area (Å²) in [5.74, 6) is 0.549. The Bertz CT molecular complexity index is 470. The third-order valence-corrected chi connectivity index (χ3v) is 4.05. The highest BCUT2D eigenvalue weighted by Crippen LogP contribution is 2.33. The lowest BCUT2D eigenvalue weighted by atomic mass is 10.1. The van der Waals surface area contributed by atoms with Crippen LogP contribution in [0.2, 0.25) is 0 Å². The normalized spacial score (nSPS) is 17.0. The molecule has 0 aromatic heterocycles. The molecule has 1 aliphatic rings. The number of phenolic OH excluding ortho intramolecular Hbond substituents is 1. The van der Waals surface area contributed by atoms with Crippen LogP contribution in [0.15, 0.2) is 18.2 Å². The molecule has 0 bridgehead atoms. The number of rotatable bonds is 6. The average Bonchev–Trinajstić information content (AvgIpc) is 2.82. The fraction of sp³-hybridized carbons (Fsp3) is 0.562. The van der Waals surface area contributed by atoms with Crippen molar-refractivity contribution < 1.29 is 9.90 Å². The van der Waals surface area contributed by atoms with Crippen molar-refractivity contribution in [3.8, 4) is 5.75 Å². The maximum absolute atomic E-state index is 11.9. The Balaban J connectivity index is 1.84. The van der Waals surface area contributed by atoms with Crippen LogP contribution >= 0.6 is 0 Å². The molecule has 0 radical (unpaired) electrons. The number of nitrogens with one attached hydrogen (secondary N) is 1. The van der Waals surface area contributed by atoms with Gasteiger partial charge in [-0.25, -0.2) is 0 Å². The summed E-state index contributed by atoms with van der Waals surface area (Å²) in [7, 11) is 0. The van der Waals surface area contributed by atoms with Crippen LogP contribution < -0.4 is 5.32 Å². The van der Waals surface area contributed by atoms with Gasteiger partial charge in [-0.1, -0.05) is 6.07 Å². The Morgan fingerprint density at radius 2 is 2.15 bits per heavy atom. The molecule has 0 fully saturated rings. The Morgan fingerprint density at radius 3 is 2.85 bits per heavy atom. The molecule has 1 amide bonds. The highest BCUT2D eigenvalue weighted by atomic mass is 16.3. The highest BCUT2D eigenvalue weighted by Gasteiger charge is 2.22. The molecule has 1 aromatic rings. The number of fused-ring (bicyclic) bond motifs is 1. The number of carbonyl (C=O) groups is 1. The molecule has 1 aromatic carbocycles. The molecule has 0 aliphatic heterocycles. The van der Waals surface area contributed by atoms with Crippen molar-refractivity contribution >= 4 is 5.91 Å². The fourth-order valence-corrected chi connectivity index (χ4v) is 2.90. The van der Waals surface area contributed by atoms with Crippen LogP contribution in [-0.4, -0.2) is 35.5 Å². The summed E-state index contributed by atoms with van der Waals surface area (Å²) in [6.45, 7) is 6.28. The van der Waals surface area contributed by atoms with E-state index >= 15 is 0 Å². The number of hydrogen-bond donors (Lipinski definition) is 2. The Hall–Kier alpha value is -1.55. The molecule has 1 aliphatic carbocycles. The second kappa shape index (κ2) is 6.75. The van der Waals surface area contributed by atoms with Crippen molar-refractivity contribution in [1.29, 1.82) is 0 Å². The van der Waals surface area contributed by atoms with Gasteiger partial charge in [0.25, 0.3) is 0 Å². The van der Waals surface area contributed by atoms with E-state index in [0.717, 1.165) is 25.9 Å². The van der Waals surface area contributed by atoms with Crippen LogP contribution in [0.4, 0.5) is 0 Å². The number of aromatic hydroxyl groups is 1. The Kier molecular flexibility index (Phi) is 5.01. The summed E-state index contributed by atoms with van der Waals surface area (Å²) in [4.78, 5) is 13.8. The van der Waals surface area contributed by atoms with Crippen molar-refractivity contribution in [3.05, 3.63) is 29.3 Å². The predicted octanol–water partition coefficient (Wildman–Crippen LogP) is 2.23. The van der Waals surface area contributed by atoms with Gasteiger partial charge in [0, 0.05) is 32.1 Å². The Labute approximate surface area is 120 Å². The van der Waals surface area contributed by atoms with Gasteiger partial charge >= 0.3 is 0 Å². The van der Waals surface area contributed by atoms with Gasteiger partial charge in [0.05, 0.1) is 0 Å². The van der Waals surface area contributed by atoms with E-state index in [2.05, 4.69) is 5.32 Å². The van der Waals surface area contributed by atoms with Crippen LogP contribution in [0.25, 0.3) is 0 Å². The summed E-state index contributed by atoms with van der Waals surface area (Å²) in [5.41, 5.74) is 2.48. The van der Waals surface area contributed by atoms with E-state index in [9.17, 15) is 9.90 Å². The smallest absolute Gasteiger partial charge is 0.223 e. The third kappa shape index (κ3) is 3.31. The molecule has 2 N–H and O–H groups in total. The lowest BCUT2D eigenvalue weighted by Gasteiger charge is -2.20. The topological polar surface area (TPSA) is 52.6 Å². The summed E-state index contributed by atoms with van der Waals surface area (Å²) < 4.78 is 0. The number of benzene rings is 1. The average molecular weight is 276 g/mol. The maximum Gasteiger partial charge on any atom is 0.223 e. The molecule has 20 heavy (non-hydrogen) atoms. The van der Waals surface area contributed by atoms with Crippen LogP contribution in [0, 0.1) is 0 Å². The number of amides is 1. The largest absolute Gasteiger partial charge is 0.508 e. The summed E-state index contributed by atoms with van der Waals surface area (Å²) in [6, 6.07) is 5.88. The molecule has 0 spiro atoms. The molecule has 2 rings (SSSR count). The van der Waals surface area contributed by atoms with Crippen LogP contribution in [0.5, 0.6) is 5.75 Å². The Morgan fingerprint density at radius 1 is 1.40 bits per heavy atom. The van der Waals surface area contributed by atoms with Gasteiger partial charge < -0.3 is 15.3 Å². The summed E-state index contributed by atoms with van der Waals surface area (Å²) in [5, 5.41) is 12.9. The van der Waals surface area contributed by atoms with E-state index in [1.807, 2.05) is 30.9 Å². The molecule has 0 saturated carbocycles. The van der Waals surface area contributed by atoms with Crippen molar-refractivity contribution in [3.63, 3.8) is 0 Å². The van der Waals surface area contributed by atoms with Crippen molar-refractivity contribution in [2.24, 2.45) is 0 Å². The summed E-state index contributed by atoms with van der Waals surface area (Å²) in [6.07, 6.45) is 2.58. The first kappa shape index (κ1) is 14.9. The first-order chi connectivity index (χ1) is 9.65. The zero-order valence-electron chi connectivity index (χ0n) is 12.4. The van der Waals surface area contributed by atoms with E-state index in [1.54, 1.807) is 6.07 Å². The maximum atomic E-state index is 11.9. The molecule has 4 heteroatoms. The molecule has 4 nitrogen and oxygen atoms in total. The van der Waals surface area contributed by atoms with Crippen LogP contribution in [0.1, 0.15) is 43.9 Å². The first-order valence-corrected chi connectivity index (χ1v) is 7.48. The predicted molar refractivity (Wildman–Crippen MR) is 79.7 cm³/mol. The SMILES string of the molecule is CCN(CC)C(=O)CCNC1CCc2cc(O)ccc21. The number of aryl methyl sites for hydroxylation is 1. The first-order valence-electron chi connectivity index (χ1n) is 7.48. The van der Waals surface area contributed by atoms with Crippen LogP contribution in [-0.2, 0) is 11.2 Å². The van der Waals surface area contributed by atoms with Gasteiger partial charge in [0.1, 0.15) is 5.75 Å². The second-order valence-corrected chi connectivity index (χ2v) is 5.24. The summed E-state index contributed by atoms with van der Waals surface area (Å²) >= 11 is 0. The monoisotopic (exact) mass is 276 g/mol. The van der Waals surface area contributed by atoms with Gasteiger partial charge in [-0.15, -0.1) is 0 Å². The minimum absolute atomic E-state index is 0.214. The number of carbonyl (C=O) groups excluding carboxylic acids is 1. The number of hydrogen-bond acceptors (Lipinski definition) is 3. The second-order valence-electron chi connectivity index (χ2n) is 5.24. The molecule has 1 atom stereocenters. The lowest BCUT2D eigenvalue weighted by molar-refractivity contribution is -0.130. The number of phenols is 1. The zero-order chi connectivity index (χ0) is 14.5. The molecule has 0 heterocycles. The van der Waals surface area contributed by atoms with Crippen molar-refractivity contribution in [1.82, 2.24) is 10.2 Å². The fourth-order valence-electron chi connectivity index (χ4n) is 2.90. The minimum atomic E-state index is 0.214. The van der Waals surface area contributed by atoms with E-state index in [1.165, 1.54) is 11.1 Å². The zero-order valence-corrected chi connectivity index (χ0v) is 12.4. The molecule has 1 unspecified atom stereocenters. The molecule has 110 valence electrons. The molecular formula is C16H24N2O2. The van der Waals surface area contributed by atoms with Crippen molar-refractivity contribution in [2.45, 2.75) is 39.2 Å². The van der Waals surface area contributed by atoms with E-state index in [-0.39, 0.29) is 5.91 Å². The van der Waals surface area contributed by atoms with E-state index in [0.29, 0.717) is 24.8 Å². The number of nitrogens with zero attached hydrogens (tertiary/aromatic N) is 1. The quantitative estimate of drug-likeness (QED) is 0.837.